The molecule has 1 aromatic rings. The molecule has 1 aliphatic rings. The largest absolute Gasteiger partial charge is 0.0561 e. The normalized spacial score (nSPS) is 18.3. The highest BCUT2D eigenvalue weighted by atomic mass is 14.4. The van der Waals surface area contributed by atoms with Crippen LogP contribution in [-0.4, -0.2) is 0 Å². The maximum atomic E-state index is 2.33. The van der Waals surface area contributed by atoms with Crippen molar-refractivity contribution in [1.82, 2.24) is 0 Å². The first-order valence-corrected chi connectivity index (χ1v) is 4.61. The topological polar surface area (TPSA) is 0 Å². The van der Waals surface area contributed by atoms with Crippen LogP contribution in [0.4, 0.5) is 0 Å². The fraction of sp³-hybridized carbons (Fsp3) is 0.500. The van der Waals surface area contributed by atoms with Crippen molar-refractivity contribution in [3.8, 4) is 0 Å². The fourth-order valence-electron chi connectivity index (χ4n) is 2.62. The molecule has 64 valence electrons. The third-order valence-corrected chi connectivity index (χ3v) is 2.87. The summed E-state index contributed by atoms with van der Waals surface area (Å²) < 4.78 is 0. The molecular weight excluding hydrogens is 144 g/mol. The summed E-state index contributed by atoms with van der Waals surface area (Å²) in [7, 11) is 0. The molecule has 0 atom stereocenters. The molecule has 1 aromatic carbocycles. The Morgan fingerprint density at radius 3 is 2.33 bits per heavy atom. The van der Waals surface area contributed by atoms with Crippen molar-refractivity contribution < 1.29 is 0 Å². The van der Waals surface area contributed by atoms with Gasteiger partial charge in [-0.15, -0.1) is 0 Å². The van der Waals surface area contributed by atoms with Crippen molar-refractivity contribution in [2.75, 3.05) is 0 Å². The number of rotatable bonds is 0. The predicted molar refractivity (Wildman–Crippen MR) is 52.6 cm³/mol. The van der Waals surface area contributed by atoms with Gasteiger partial charge in [-0.05, 0) is 42.4 Å². The molecule has 0 radical (unpaired) electrons. The molecule has 12 heavy (non-hydrogen) atoms. The molecule has 0 aliphatic heterocycles. The molecular formula is C12H16. The van der Waals surface area contributed by atoms with Crippen LogP contribution in [0.1, 0.15) is 36.1 Å². The Hall–Kier alpha value is -0.780. The van der Waals surface area contributed by atoms with Gasteiger partial charge < -0.3 is 0 Å². The first-order valence-electron chi connectivity index (χ1n) is 4.61. The molecule has 0 unspecified atom stereocenters. The van der Waals surface area contributed by atoms with Gasteiger partial charge in [-0.3, -0.25) is 0 Å². The summed E-state index contributed by atoms with van der Waals surface area (Å²) in [5, 5.41) is 0. The van der Waals surface area contributed by atoms with Crippen molar-refractivity contribution in [3.63, 3.8) is 0 Å². The summed E-state index contributed by atoms with van der Waals surface area (Å²) in [5.74, 6) is 0. The SMILES string of the molecule is Cc1cc(C)c2c(c1)CC2(C)C. The van der Waals surface area contributed by atoms with Gasteiger partial charge in [0.05, 0.1) is 0 Å². The number of benzene rings is 1. The molecule has 0 amide bonds. The zero-order valence-electron chi connectivity index (χ0n) is 8.36. The van der Waals surface area contributed by atoms with E-state index < -0.39 is 0 Å². The number of aryl methyl sites for hydroxylation is 2. The van der Waals surface area contributed by atoms with Crippen LogP contribution in [0.3, 0.4) is 0 Å². The summed E-state index contributed by atoms with van der Waals surface area (Å²) in [6.07, 6.45) is 1.25. The maximum absolute atomic E-state index is 2.33. The monoisotopic (exact) mass is 160 g/mol. The van der Waals surface area contributed by atoms with Crippen molar-refractivity contribution >= 4 is 0 Å². The average molecular weight is 160 g/mol. The quantitative estimate of drug-likeness (QED) is 0.547. The van der Waals surface area contributed by atoms with Crippen LogP contribution in [0.5, 0.6) is 0 Å². The van der Waals surface area contributed by atoms with Gasteiger partial charge in [0.15, 0.2) is 0 Å². The van der Waals surface area contributed by atoms with E-state index >= 15 is 0 Å². The molecule has 0 N–H and O–H groups in total. The molecule has 0 heterocycles. The number of fused-ring (bicyclic) bond motifs is 1. The Morgan fingerprint density at radius 1 is 1.17 bits per heavy atom. The van der Waals surface area contributed by atoms with E-state index in [1.165, 1.54) is 17.5 Å². The summed E-state index contributed by atoms with van der Waals surface area (Å²) >= 11 is 0. The Bertz CT molecular complexity index is 315. The highest BCUT2D eigenvalue weighted by Crippen LogP contribution is 2.42. The summed E-state index contributed by atoms with van der Waals surface area (Å²) in [4.78, 5) is 0. The molecule has 0 aromatic heterocycles. The summed E-state index contributed by atoms with van der Waals surface area (Å²) in [6.45, 7) is 9.07. The van der Waals surface area contributed by atoms with E-state index in [1.807, 2.05) is 0 Å². The third-order valence-electron chi connectivity index (χ3n) is 2.87. The Morgan fingerprint density at radius 2 is 1.83 bits per heavy atom. The van der Waals surface area contributed by atoms with Crippen molar-refractivity contribution in [2.45, 2.75) is 39.5 Å². The van der Waals surface area contributed by atoms with E-state index in [1.54, 1.807) is 11.1 Å². The van der Waals surface area contributed by atoms with Crippen LogP contribution in [0.25, 0.3) is 0 Å². The standard InChI is InChI=1S/C12H16/c1-8-5-9(2)11-10(6-8)7-12(11,3)4/h5-6H,7H2,1-4H3. The highest BCUT2D eigenvalue weighted by molar-refractivity contribution is 5.50. The van der Waals surface area contributed by atoms with Gasteiger partial charge in [0, 0.05) is 0 Å². The number of hydrogen-bond donors (Lipinski definition) is 0. The van der Waals surface area contributed by atoms with Crippen LogP contribution in [0.15, 0.2) is 12.1 Å². The minimum atomic E-state index is 0.438. The maximum Gasteiger partial charge on any atom is -0.00578 e. The second-order valence-corrected chi connectivity index (χ2v) is 4.68. The second kappa shape index (κ2) is 2.12. The predicted octanol–water partition coefficient (Wildman–Crippen LogP) is 3.14. The van der Waals surface area contributed by atoms with Gasteiger partial charge >= 0.3 is 0 Å². The van der Waals surface area contributed by atoms with Crippen LogP contribution >= 0.6 is 0 Å². The van der Waals surface area contributed by atoms with Crippen LogP contribution in [-0.2, 0) is 11.8 Å². The van der Waals surface area contributed by atoms with E-state index in [0.29, 0.717) is 5.41 Å². The lowest BCUT2D eigenvalue weighted by atomic mass is 9.64. The number of hydrogen-bond acceptors (Lipinski definition) is 0. The van der Waals surface area contributed by atoms with Crippen molar-refractivity contribution in [1.29, 1.82) is 0 Å². The molecule has 0 heteroatoms. The van der Waals surface area contributed by atoms with Gasteiger partial charge in [0.25, 0.3) is 0 Å². The van der Waals surface area contributed by atoms with E-state index in [0.717, 1.165) is 0 Å². The molecule has 0 nitrogen and oxygen atoms in total. The van der Waals surface area contributed by atoms with E-state index in [9.17, 15) is 0 Å². The molecule has 0 saturated heterocycles. The van der Waals surface area contributed by atoms with E-state index in [4.69, 9.17) is 0 Å². The van der Waals surface area contributed by atoms with E-state index in [2.05, 4.69) is 39.8 Å². The van der Waals surface area contributed by atoms with Gasteiger partial charge in [-0.2, -0.15) is 0 Å². The van der Waals surface area contributed by atoms with Gasteiger partial charge in [0.2, 0.25) is 0 Å². The highest BCUT2D eigenvalue weighted by Gasteiger charge is 2.34. The van der Waals surface area contributed by atoms with Crippen molar-refractivity contribution in [2.24, 2.45) is 0 Å². The fourth-order valence-corrected chi connectivity index (χ4v) is 2.62. The zero-order chi connectivity index (χ0) is 8.93. The average Bonchev–Trinajstić information content (AvgIpc) is 1.81. The summed E-state index contributed by atoms with van der Waals surface area (Å²) in [5.41, 5.74) is 6.47. The van der Waals surface area contributed by atoms with Crippen LogP contribution in [0, 0.1) is 13.8 Å². The van der Waals surface area contributed by atoms with E-state index in [-0.39, 0.29) is 0 Å². The Kier molecular flexibility index (Phi) is 1.39. The molecule has 0 spiro atoms. The smallest absolute Gasteiger partial charge is 0.00578 e. The lowest BCUT2D eigenvalue weighted by Gasteiger charge is -2.40. The lowest BCUT2D eigenvalue weighted by Crippen LogP contribution is -2.33. The third kappa shape index (κ3) is 0.906. The molecule has 0 saturated carbocycles. The minimum absolute atomic E-state index is 0.438. The Balaban J connectivity index is 2.61. The Labute approximate surface area is 74.6 Å². The van der Waals surface area contributed by atoms with Crippen molar-refractivity contribution in [3.05, 3.63) is 34.4 Å². The molecule has 0 fully saturated rings. The van der Waals surface area contributed by atoms with Gasteiger partial charge in [-0.1, -0.05) is 31.5 Å². The van der Waals surface area contributed by atoms with Crippen LogP contribution < -0.4 is 0 Å². The van der Waals surface area contributed by atoms with Gasteiger partial charge in [0.1, 0.15) is 0 Å². The molecule has 2 rings (SSSR count). The van der Waals surface area contributed by atoms with Gasteiger partial charge in [-0.25, -0.2) is 0 Å². The second-order valence-electron chi connectivity index (χ2n) is 4.68. The molecule has 1 aliphatic carbocycles. The molecule has 0 bridgehead atoms. The minimum Gasteiger partial charge on any atom is -0.0561 e. The summed E-state index contributed by atoms with van der Waals surface area (Å²) in [6, 6.07) is 4.62. The van der Waals surface area contributed by atoms with Crippen LogP contribution in [0.2, 0.25) is 0 Å². The zero-order valence-corrected chi connectivity index (χ0v) is 8.36. The first kappa shape index (κ1) is 7.85. The first-order chi connectivity index (χ1) is 5.50. The lowest BCUT2D eigenvalue weighted by molar-refractivity contribution is 0.451.